The van der Waals surface area contributed by atoms with E-state index in [1.807, 2.05) is 19.9 Å². The molecule has 146 valence electrons. The molecule has 0 amide bonds. The number of aliphatic hydroxyl groups excluding tert-OH is 1. The average molecular weight is 372 g/mol. The SMILES string of the molecule is CCCc1cc(=O)oc2c3c(c(/C=C\C(C)(C)O)c(C)c12)OC(C)C[C@@H]3O. The van der Waals surface area contributed by atoms with Crippen molar-refractivity contribution in [3.8, 4) is 5.75 Å². The first-order valence-corrected chi connectivity index (χ1v) is 9.52. The Kier molecular flexibility index (Phi) is 5.19. The molecule has 5 nitrogen and oxygen atoms in total. The Bertz CT molecular complexity index is 946. The first-order valence-electron chi connectivity index (χ1n) is 9.52. The average Bonchev–Trinajstić information content (AvgIpc) is 2.52. The summed E-state index contributed by atoms with van der Waals surface area (Å²) in [5, 5.41) is 21.7. The minimum absolute atomic E-state index is 0.163. The Morgan fingerprint density at radius 1 is 1.37 bits per heavy atom. The van der Waals surface area contributed by atoms with Gasteiger partial charge in [0.05, 0.1) is 23.4 Å². The van der Waals surface area contributed by atoms with Crippen molar-refractivity contribution >= 4 is 17.0 Å². The van der Waals surface area contributed by atoms with Crippen LogP contribution in [0, 0.1) is 6.92 Å². The molecule has 0 aliphatic carbocycles. The number of hydrogen-bond donors (Lipinski definition) is 2. The molecule has 0 fully saturated rings. The summed E-state index contributed by atoms with van der Waals surface area (Å²) < 4.78 is 11.6. The summed E-state index contributed by atoms with van der Waals surface area (Å²) in [4.78, 5) is 12.2. The second-order valence-corrected chi connectivity index (χ2v) is 7.99. The molecule has 0 saturated heterocycles. The predicted molar refractivity (Wildman–Crippen MR) is 106 cm³/mol. The van der Waals surface area contributed by atoms with Crippen molar-refractivity contribution in [3.63, 3.8) is 0 Å². The third kappa shape index (κ3) is 3.80. The number of fused-ring (bicyclic) bond motifs is 3. The van der Waals surface area contributed by atoms with E-state index in [0.29, 0.717) is 23.3 Å². The van der Waals surface area contributed by atoms with Crippen LogP contribution in [0.5, 0.6) is 5.75 Å². The molecule has 27 heavy (non-hydrogen) atoms. The maximum absolute atomic E-state index is 12.2. The lowest BCUT2D eigenvalue weighted by Crippen LogP contribution is -2.24. The first kappa shape index (κ1) is 19.6. The zero-order valence-electron chi connectivity index (χ0n) is 16.6. The zero-order chi connectivity index (χ0) is 19.9. The van der Waals surface area contributed by atoms with Gasteiger partial charge in [-0.25, -0.2) is 4.79 Å². The normalized spacial score (nSPS) is 20.1. The minimum atomic E-state index is -0.983. The summed E-state index contributed by atoms with van der Waals surface area (Å²) in [6.45, 7) is 9.32. The highest BCUT2D eigenvalue weighted by Crippen LogP contribution is 2.45. The van der Waals surface area contributed by atoms with Crippen LogP contribution in [0.3, 0.4) is 0 Å². The minimum Gasteiger partial charge on any atom is -0.489 e. The van der Waals surface area contributed by atoms with E-state index < -0.39 is 17.3 Å². The molecule has 1 aromatic heterocycles. The van der Waals surface area contributed by atoms with Crippen LogP contribution < -0.4 is 10.4 Å². The number of ether oxygens (including phenoxy) is 1. The second kappa shape index (κ2) is 7.13. The van der Waals surface area contributed by atoms with Gasteiger partial charge in [-0.15, -0.1) is 0 Å². The van der Waals surface area contributed by atoms with Crippen molar-refractivity contribution in [1.82, 2.24) is 0 Å². The number of aliphatic hydroxyl groups is 2. The van der Waals surface area contributed by atoms with Gasteiger partial charge in [0.25, 0.3) is 0 Å². The van der Waals surface area contributed by atoms with Gasteiger partial charge in [0, 0.05) is 23.4 Å². The van der Waals surface area contributed by atoms with Crippen LogP contribution in [0.25, 0.3) is 17.0 Å². The summed E-state index contributed by atoms with van der Waals surface area (Å²) in [6, 6.07) is 1.54. The Labute approximate surface area is 159 Å². The fourth-order valence-electron chi connectivity index (χ4n) is 3.76. The molecular formula is C22H28O5. The summed E-state index contributed by atoms with van der Waals surface area (Å²) in [5.74, 6) is 0.531. The highest BCUT2D eigenvalue weighted by molar-refractivity contribution is 5.93. The Balaban J connectivity index is 2.43. The van der Waals surface area contributed by atoms with Gasteiger partial charge in [-0.2, -0.15) is 0 Å². The van der Waals surface area contributed by atoms with Gasteiger partial charge in [-0.3, -0.25) is 0 Å². The molecule has 1 aromatic carbocycles. The fourth-order valence-corrected chi connectivity index (χ4v) is 3.76. The number of aryl methyl sites for hydroxylation is 2. The molecule has 5 heteroatoms. The van der Waals surface area contributed by atoms with Gasteiger partial charge < -0.3 is 19.4 Å². The quantitative estimate of drug-likeness (QED) is 0.792. The predicted octanol–water partition coefficient (Wildman–Crippen LogP) is 4.04. The zero-order valence-corrected chi connectivity index (χ0v) is 16.6. The monoisotopic (exact) mass is 372 g/mol. The van der Waals surface area contributed by atoms with E-state index in [4.69, 9.17) is 9.15 Å². The molecule has 0 spiro atoms. The third-order valence-electron chi connectivity index (χ3n) is 4.94. The fraction of sp³-hybridized carbons (Fsp3) is 0.500. The smallest absolute Gasteiger partial charge is 0.336 e. The Hall–Kier alpha value is -2.11. The first-order chi connectivity index (χ1) is 12.6. The van der Waals surface area contributed by atoms with E-state index in [9.17, 15) is 15.0 Å². The van der Waals surface area contributed by atoms with E-state index in [1.54, 1.807) is 19.9 Å². The molecule has 3 rings (SSSR count). The summed E-state index contributed by atoms with van der Waals surface area (Å²) in [5.41, 5.74) is 2.17. The van der Waals surface area contributed by atoms with Crippen LogP contribution in [0.1, 0.15) is 68.9 Å². The molecule has 0 saturated carbocycles. The maximum atomic E-state index is 12.2. The second-order valence-electron chi connectivity index (χ2n) is 7.99. The molecule has 0 radical (unpaired) electrons. The van der Waals surface area contributed by atoms with Crippen molar-refractivity contribution in [1.29, 1.82) is 0 Å². The number of hydrogen-bond acceptors (Lipinski definition) is 5. The lowest BCUT2D eigenvalue weighted by atomic mass is 9.88. The van der Waals surface area contributed by atoms with Gasteiger partial charge in [0.15, 0.2) is 0 Å². The molecular weight excluding hydrogens is 344 g/mol. The summed E-state index contributed by atoms with van der Waals surface area (Å²) >= 11 is 0. The van der Waals surface area contributed by atoms with Gasteiger partial charge in [0.1, 0.15) is 11.3 Å². The molecule has 2 atom stereocenters. The van der Waals surface area contributed by atoms with E-state index in [2.05, 4.69) is 6.92 Å². The van der Waals surface area contributed by atoms with E-state index in [1.165, 1.54) is 6.07 Å². The van der Waals surface area contributed by atoms with Gasteiger partial charge in [0.2, 0.25) is 0 Å². The molecule has 0 bridgehead atoms. The topological polar surface area (TPSA) is 79.9 Å². The van der Waals surface area contributed by atoms with Gasteiger partial charge >= 0.3 is 5.63 Å². The molecule has 1 unspecified atom stereocenters. The Morgan fingerprint density at radius 2 is 2.07 bits per heavy atom. The van der Waals surface area contributed by atoms with E-state index in [-0.39, 0.29) is 6.10 Å². The molecule has 1 aliphatic rings. The van der Waals surface area contributed by atoms with Crippen LogP contribution >= 0.6 is 0 Å². The molecule has 2 N–H and O–H groups in total. The van der Waals surface area contributed by atoms with E-state index in [0.717, 1.165) is 34.9 Å². The van der Waals surface area contributed by atoms with Crippen LogP contribution in [0.15, 0.2) is 21.4 Å². The molecule has 2 heterocycles. The van der Waals surface area contributed by atoms with Crippen molar-refractivity contribution in [2.45, 2.75) is 71.7 Å². The number of benzene rings is 1. The highest BCUT2D eigenvalue weighted by atomic mass is 16.5. The summed E-state index contributed by atoms with van der Waals surface area (Å²) in [7, 11) is 0. The maximum Gasteiger partial charge on any atom is 0.336 e. The van der Waals surface area contributed by atoms with Gasteiger partial charge in [-0.1, -0.05) is 25.5 Å². The molecule has 1 aliphatic heterocycles. The van der Waals surface area contributed by atoms with Crippen LogP contribution in [-0.4, -0.2) is 21.9 Å². The summed E-state index contributed by atoms with van der Waals surface area (Å²) in [6.07, 6.45) is 4.66. The third-order valence-corrected chi connectivity index (χ3v) is 4.94. The lowest BCUT2D eigenvalue weighted by Gasteiger charge is -2.30. The highest BCUT2D eigenvalue weighted by Gasteiger charge is 2.32. The van der Waals surface area contributed by atoms with Crippen molar-refractivity contribution < 1.29 is 19.4 Å². The standard InChI is InChI=1S/C22H28O5/c1-6-7-14-11-17(24)27-21-18(14)13(3)15(8-9-22(4,5)25)20-19(21)16(23)10-12(2)26-20/h8-9,11-12,16,23,25H,6-7,10H2,1-5H3/b9-8-/t12?,16-/m0/s1. The lowest BCUT2D eigenvalue weighted by molar-refractivity contribution is 0.0751. The van der Waals surface area contributed by atoms with Crippen LogP contribution in [0.4, 0.5) is 0 Å². The largest absolute Gasteiger partial charge is 0.489 e. The van der Waals surface area contributed by atoms with Crippen LogP contribution in [-0.2, 0) is 6.42 Å². The van der Waals surface area contributed by atoms with Crippen molar-refractivity contribution in [2.24, 2.45) is 0 Å². The van der Waals surface area contributed by atoms with Crippen molar-refractivity contribution in [2.75, 3.05) is 0 Å². The molecule has 2 aromatic rings. The van der Waals surface area contributed by atoms with Crippen molar-refractivity contribution in [3.05, 3.63) is 44.8 Å². The van der Waals surface area contributed by atoms with Gasteiger partial charge in [-0.05, 0) is 45.2 Å². The Morgan fingerprint density at radius 3 is 2.70 bits per heavy atom. The van der Waals surface area contributed by atoms with Crippen LogP contribution in [0.2, 0.25) is 0 Å². The number of rotatable bonds is 4. The van der Waals surface area contributed by atoms with E-state index >= 15 is 0 Å².